The van der Waals surface area contributed by atoms with Crippen LogP contribution >= 0.6 is 11.3 Å². The first-order chi connectivity index (χ1) is 14.7. The van der Waals surface area contributed by atoms with E-state index in [9.17, 15) is 22.8 Å². The molecule has 3 amide bonds. The van der Waals surface area contributed by atoms with E-state index in [1.165, 1.54) is 24.4 Å². The van der Waals surface area contributed by atoms with Gasteiger partial charge in [0, 0.05) is 29.2 Å². The summed E-state index contributed by atoms with van der Waals surface area (Å²) in [6.45, 7) is 2.10. The summed E-state index contributed by atoms with van der Waals surface area (Å²) < 4.78 is 39.1. The Kier molecular flexibility index (Phi) is 6.41. The van der Waals surface area contributed by atoms with E-state index in [0.29, 0.717) is 12.1 Å². The van der Waals surface area contributed by atoms with Gasteiger partial charge < -0.3 is 5.32 Å². The van der Waals surface area contributed by atoms with Crippen molar-refractivity contribution in [2.75, 3.05) is 11.9 Å². The van der Waals surface area contributed by atoms with E-state index < -0.39 is 23.8 Å². The number of pyridine rings is 1. The lowest BCUT2D eigenvalue weighted by Crippen LogP contribution is -2.30. The fourth-order valence-corrected chi connectivity index (χ4v) is 3.28. The number of hydrogen-bond acceptors (Lipinski definition) is 8. The maximum atomic E-state index is 13.0. The number of nitrogens with two attached hydrogens (primary N) is 1. The molecular weight excluding hydrogens is 437 g/mol. The maximum absolute atomic E-state index is 13.0. The molecule has 0 aliphatic carbocycles. The van der Waals surface area contributed by atoms with Crippen molar-refractivity contribution in [3.63, 3.8) is 0 Å². The number of rotatable bonds is 5. The average Bonchev–Trinajstić information content (AvgIpc) is 3.24. The lowest BCUT2D eigenvalue weighted by atomic mass is 10.1. The highest BCUT2D eigenvalue weighted by molar-refractivity contribution is 7.13. The van der Waals surface area contributed by atoms with E-state index in [2.05, 4.69) is 30.8 Å². The first-order valence-corrected chi connectivity index (χ1v) is 9.54. The van der Waals surface area contributed by atoms with Gasteiger partial charge in [0.15, 0.2) is 11.4 Å². The average molecular weight is 452 g/mol. The molecule has 0 aliphatic heterocycles. The topological polar surface area (TPSA) is 148 Å². The fraction of sp³-hybridized carbons (Fsp3) is 0.176. The summed E-state index contributed by atoms with van der Waals surface area (Å²) in [6, 6.07) is 3.64. The number of carbonyl (C=O) groups is 2. The van der Waals surface area contributed by atoms with Crippen molar-refractivity contribution in [2.24, 2.45) is 5.84 Å². The van der Waals surface area contributed by atoms with Gasteiger partial charge in [0.2, 0.25) is 0 Å². The van der Waals surface area contributed by atoms with Crippen LogP contribution in [0.4, 0.5) is 23.8 Å². The van der Waals surface area contributed by atoms with Crippen LogP contribution < -0.4 is 21.9 Å². The smallest absolute Gasteiger partial charge is 0.338 e. The molecule has 0 bridgehead atoms. The predicted molar refractivity (Wildman–Crippen MR) is 106 cm³/mol. The largest absolute Gasteiger partial charge is 0.434 e. The Morgan fingerprint density at radius 2 is 1.97 bits per heavy atom. The van der Waals surface area contributed by atoms with Gasteiger partial charge in [0.25, 0.3) is 5.91 Å². The number of thiazole rings is 1. The van der Waals surface area contributed by atoms with E-state index in [1.807, 2.05) is 5.43 Å². The Balaban J connectivity index is 2.06. The summed E-state index contributed by atoms with van der Waals surface area (Å²) in [5.41, 5.74) is 1.59. The molecule has 3 heterocycles. The van der Waals surface area contributed by atoms with Crippen molar-refractivity contribution in [3.05, 3.63) is 41.2 Å². The first-order valence-electron chi connectivity index (χ1n) is 8.66. The Morgan fingerprint density at radius 3 is 2.55 bits per heavy atom. The maximum Gasteiger partial charge on any atom is 0.434 e. The van der Waals surface area contributed by atoms with E-state index in [1.54, 1.807) is 6.92 Å². The number of nitrogens with one attached hydrogen (secondary N) is 3. The molecule has 0 radical (unpaired) electrons. The minimum atomic E-state index is -4.61. The van der Waals surface area contributed by atoms with Crippen LogP contribution in [0.1, 0.15) is 23.1 Å². The molecule has 0 unspecified atom stereocenters. The number of nitrogens with zero attached hydrogens (tertiary/aromatic N) is 4. The number of carbonyl (C=O) groups excluding carboxylic acids is 2. The number of alkyl halides is 3. The molecule has 0 aliphatic rings. The van der Waals surface area contributed by atoms with E-state index >= 15 is 0 Å². The molecular formula is C17H15F3N8O2S. The molecule has 10 nitrogen and oxygen atoms in total. The van der Waals surface area contributed by atoms with Gasteiger partial charge in [0.05, 0.1) is 5.69 Å². The third-order valence-electron chi connectivity index (χ3n) is 3.81. The van der Waals surface area contributed by atoms with Crippen molar-refractivity contribution >= 4 is 29.1 Å². The highest BCUT2D eigenvalue weighted by Gasteiger charge is 2.34. The molecule has 3 rings (SSSR count). The molecule has 0 fully saturated rings. The zero-order valence-electron chi connectivity index (χ0n) is 15.8. The highest BCUT2D eigenvalue weighted by Crippen LogP contribution is 2.37. The number of urea groups is 1. The van der Waals surface area contributed by atoms with Gasteiger partial charge in [0.1, 0.15) is 10.8 Å². The quantitative estimate of drug-likeness (QED) is 0.264. The molecule has 14 heteroatoms. The van der Waals surface area contributed by atoms with Crippen LogP contribution in [0.25, 0.3) is 21.8 Å². The normalized spacial score (nSPS) is 11.1. The third-order valence-corrected chi connectivity index (χ3v) is 4.69. The van der Waals surface area contributed by atoms with Crippen molar-refractivity contribution in [2.45, 2.75) is 13.1 Å². The second kappa shape index (κ2) is 9.01. The van der Waals surface area contributed by atoms with Crippen LogP contribution in [-0.2, 0) is 6.18 Å². The number of anilines is 1. The molecule has 31 heavy (non-hydrogen) atoms. The van der Waals surface area contributed by atoms with Crippen molar-refractivity contribution in [1.29, 1.82) is 0 Å². The number of halogens is 3. The number of hydrogen-bond donors (Lipinski definition) is 4. The zero-order chi connectivity index (χ0) is 22.6. The summed E-state index contributed by atoms with van der Waals surface area (Å²) in [5.74, 6) is 4.49. The molecule has 0 saturated heterocycles. The summed E-state index contributed by atoms with van der Waals surface area (Å²) >= 11 is 0.772. The van der Waals surface area contributed by atoms with Crippen molar-refractivity contribution in [3.8, 4) is 21.8 Å². The van der Waals surface area contributed by atoms with Gasteiger partial charge in [-0.25, -0.2) is 20.6 Å². The monoisotopic (exact) mass is 452 g/mol. The summed E-state index contributed by atoms with van der Waals surface area (Å²) in [4.78, 5) is 31.1. The number of hydrazine groups is 1. The Morgan fingerprint density at radius 1 is 1.19 bits per heavy atom. The van der Waals surface area contributed by atoms with Crippen LogP contribution in [0.15, 0.2) is 29.8 Å². The molecule has 0 atom stereocenters. The first kappa shape index (κ1) is 22.0. The van der Waals surface area contributed by atoms with E-state index in [0.717, 1.165) is 16.7 Å². The molecule has 5 N–H and O–H groups in total. The Hall–Kier alpha value is -3.65. The third kappa shape index (κ3) is 5.10. The van der Waals surface area contributed by atoms with Gasteiger partial charge in [-0.15, -0.1) is 21.5 Å². The molecule has 0 spiro atoms. The molecule has 3 aromatic rings. The van der Waals surface area contributed by atoms with Crippen LogP contribution in [0.5, 0.6) is 0 Å². The van der Waals surface area contributed by atoms with Gasteiger partial charge in [-0.3, -0.25) is 15.5 Å². The molecule has 0 saturated carbocycles. The van der Waals surface area contributed by atoms with Gasteiger partial charge in [-0.2, -0.15) is 13.2 Å². The highest BCUT2D eigenvalue weighted by atomic mass is 32.1. The summed E-state index contributed by atoms with van der Waals surface area (Å²) in [6.07, 6.45) is -3.29. The van der Waals surface area contributed by atoms with Gasteiger partial charge in [-0.05, 0) is 25.1 Å². The second-order valence-electron chi connectivity index (χ2n) is 5.91. The van der Waals surface area contributed by atoms with Crippen LogP contribution in [0.2, 0.25) is 0 Å². The fourth-order valence-electron chi connectivity index (χ4n) is 2.42. The summed E-state index contributed by atoms with van der Waals surface area (Å²) in [7, 11) is 0. The van der Waals surface area contributed by atoms with Crippen LogP contribution in [-0.4, -0.2) is 38.6 Å². The zero-order valence-corrected chi connectivity index (χ0v) is 16.6. The second-order valence-corrected chi connectivity index (χ2v) is 6.77. The van der Waals surface area contributed by atoms with Crippen LogP contribution in [0.3, 0.4) is 0 Å². The van der Waals surface area contributed by atoms with Crippen molar-refractivity contribution < 1.29 is 22.8 Å². The molecule has 3 aromatic heterocycles. The number of aromatic nitrogens is 4. The number of amides is 3. The van der Waals surface area contributed by atoms with Crippen molar-refractivity contribution in [1.82, 2.24) is 30.9 Å². The minimum absolute atomic E-state index is 0.0363. The van der Waals surface area contributed by atoms with Gasteiger partial charge >= 0.3 is 12.2 Å². The molecule has 0 aromatic carbocycles. The SMILES string of the molecule is CCNC(=O)Nc1cc(-c2nc(C(F)(F)F)cs2)c(-c2ccc(C(=O)NN)nn2)cn1. The summed E-state index contributed by atoms with van der Waals surface area (Å²) in [5, 5.41) is 13.6. The Bertz CT molecular complexity index is 1100. The lowest BCUT2D eigenvalue weighted by Gasteiger charge is -2.10. The van der Waals surface area contributed by atoms with E-state index in [-0.39, 0.29) is 27.8 Å². The lowest BCUT2D eigenvalue weighted by molar-refractivity contribution is -0.140. The van der Waals surface area contributed by atoms with E-state index in [4.69, 9.17) is 5.84 Å². The standard InChI is InChI=1S/C17H15F3N8O2S/c1-2-22-16(30)25-13-5-8(15-24-12(7-31-15)17(18,19)20)9(6-23-13)10-3-4-11(28-27-10)14(29)26-21/h3-7H,2,21H2,1H3,(H,26,29)(H2,22,23,25,30). The van der Waals surface area contributed by atoms with Crippen LogP contribution in [0, 0.1) is 0 Å². The molecule has 162 valence electrons. The Labute approximate surface area is 177 Å². The number of nitrogen functional groups attached to an aromatic ring is 1. The predicted octanol–water partition coefficient (Wildman–Crippen LogP) is 2.43. The minimum Gasteiger partial charge on any atom is -0.338 e. The van der Waals surface area contributed by atoms with Gasteiger partial charge in [-0.1, -0.05) is 0 Å².